The van der Waals surface area contributed by atoms with Gasteiger partial charge < -0.3 is 5.32 Å². The molecule has 0 aromatic heterocycles. The topological polar surface area (TPSA) is 66.5 Å². The number of carbonyl (C=O) groups is 1. The molecule has 0 bridgehead atoms. The van der Waals surface area contributed by atoms with E-state index in [-0.39, 0.29) is 31.0 Å². The summed E-state index contributed by atoms with van der Waals surface area (Å²) in [6, 6.07) is 2.45. The molecule has 5 nitrogen and oxygen atoms in total. The second-order valence-electron chi connectivity index (χ2n) is 6.45. The summed E-state index contributed by atoms with van der Waals surface area (Å²) in [6.45, 7) is 4.20. The fraction of sp³-hybridized carbons (Fsp3) is 0.588. The molecule has 25 heavy (non-hydrogen) atoms. The summed E-state index contributed by atoms with van der Waals surface area (Å²) in [7, 11) is -4.11. The van der Waals surface area contributed by atoms with Crippen molar-refractivity contribution in [3.8, 4) is 0 Å². The van der Waals surface area contributed by atoms with Crippen molar-refractivity contribution in [3.05, 3.63) is 29.8 Å². The quantitative estimate of drug-likeness (QED) is 0.832. The molecule has 0 saturated carbocycles. The van der Waals surface area contributed by atoms with E-state index in [0.717, 1.165) is 29.3 Å². The van der Waals surface area contributed by atoms with Crippen LogP contribution in [0.15, 0.2) is 23.1 Å². The number of sulfonamides is 1. The lowest BCUT2D eigenvalue weighted by Gasteiger charge is -2.31. The van der Waals surface area contributed by atoms with Crippen molar-refractivity contribution in [2.75, 3.05) is 13.1 Å². The van der Waals surface area contributed by atoms with Crippen molar-refractivity contribution in [2.45, 2.75) is 50.5 Å². The zero-order chi connectivity index (χ0) is 18.6. The van der Waals surface area contributed by atoms with Gasteiger partial charge in [-0.15, -0.1) is 0 Å². The number of amides is 1. The Labute approximate surface area is 147 Å². The number of nitrogens with one attached hydrogen (secondary N) is 1. The maximum absolute atomic E-state index is 13.8. The highest BCUT2D eigenvalue weighted by molar-refractivity contribution is 7.89. The second kappa shape index (κ2) is 8.23. The first-order valence-corrected chi connectivity index (χ1v) is 9.95. The molecule has 0 aliphatic carbocycles. The van der Waals surface area contributed by atoms with Gasteiger partial charge in [0.05, 0.1) is 0 Å². The fourth-order valence-corrected chi connectivity index (χ4v) is 4.58. The van der Waals surface area contributed by atoms with Crippen LogP contribution in [-0.2, 0) is 14.8 Å². The molecule has 1 amide bonds. The Morgan fingerprint density at radius 2 is 1.96 bits per heavy atom. The van der Waals surface area contributed by atoms with Gasteiger partial charge in [-0.25, -0.2) is 17.2 Å². The average molecular weight is 374 g/mol. The normalized spacial score (nSPS) is 18.1. The van der Waals surface area contributed by atoms with Crippen LogP contribution in [0, 0.1) is 17.6 Å². The highest BCUT2D eigenvalue weighted by Gasteiger charge is 2.34. The van der Waals surface area contributed by atoms with Crippen molar-refractivity contribution in [3.63, 3.8) is 0 Å². The minimum atomic E-state index is -4.11. The van der Waals surface area contributed by atoms with Gasteiger partial charge in [-0.3, -0.25) is 4.79 Å². The lowest BCUT2D eigenvalue weighted by molar-refractivity contribution is -0.126. The van der Waals surface area contributed by atoms with E-state index in [1.807, 2.05) is 13.8 Å². The summed E-state index contributed by atoms with van der Waals surface area (Å²) in [5.41, 5.74) is 0. The summed E-state index contributed by atoms with van der Waals surface area (Å²) in [6.07, 6.45) is 2.58. The highest BCUT2D eigenvalue weighted by Crippen LogP contribution is 2.26. The van der Waals surface area contributed by atoms with Crippen LogP contribution in [0.4, 0.5) is 8.78 Å². The number of piperidine rings is 1. The third kappa shape index (κ3) is 4.76. The zero-order valence-corrected chi connectivity index (χ0v) is 15.3. The summed E-state index contributed by atoms with van der Waals surface area (Å²) >= 11 is 0. The number of hydrogen-bond acceptors (Lipinski definition) is 3. The van der Waals surface area contributed by atoms with Gasteiger partial charge in [0.2, 0.25) is 15.9 Å². The lowest BCUT2D eigenvalue weighted by atomic mass is 9.96. The van der Waals surface area contributed by atoms with Crippen LogP contribution in [0.5, 0.6) is 0 Å². The van der Waals surface area contributed by atoms with Crippen molar-refractivity contribution in [1.82, 2.24) is 9.62 Å². The second-order valence-corrected chi connectivity index (χ2v) is 8.36. The molecule has 1 heterocycles. The predicted molar refractivity (Wildman–Crippen MR) is 90.4 cm³/mol. The van der Waals surface area contributed by atoms with E-state index in [1.165, 1.54) is 0 Å². The molecule has 1 fully saturated rings. The van der Waals surface area contributed by atoms with Gasteiger partial charge in [0.25, 0.3) is 0 Å². The Morgan fingerprint density at radius 1 is 1.32 bits per heavy atom. The van der Waals surface area contributed by atoms with E-state index in [9.17, 15) is 22.0 Å². The lowest BCUT2D eigenvalue weighted by Crippen LogP contribution is -2.44. The number of carbonyl (C=O) groups excluding carboxylic acids is 1. The third-order valence-electron chi connectivity index (χ3n) is 4.45. The van der Waals surface area contributed by atoms with Gasteiger partial charge in [0, 0.05) is 25.0 Å². The molecule has 1 aromatic carbocycles. The van der Waals surface area contributed by atoms with E-state index in [1.54, 1.807) is 0 Å². The van der Waals surface area contributed by atoms with Crippen LogP contribution < -0.4 is 5.32 Å². The minimum absolute atomic E-state index is 0.0741. The van der Waals surface area contributed by atoms with Crippen molar-refractivity contribution < 1.29 is 22.0 Å². The Balaban J connectivity index is 2.01. The molecular weight excluding hydrogens is 350 g/mol. The van der Waals surface area contributed by atoms with Crippen molar-refractivity contribution in [2.24, 2.45) is 5.92 Å². The molecule has 1 aliphatic heterocycles. The van der Waals surface area contributed by atoms with Gasteiger partial charge in [0.15, 0.2) is 0 Å². The van der Waals surface area contributed by atoms with Gasteiger partial charge in [-0.05, 0) is 44.4 Å². The molecule has 140 valence electrons. The maximum atomic E-state index is 13.8. The Bertz CT molecular complexity index is 717. The van der Waals surface area contributed by atoms with Crippen molar-refractivity contribution >= 4 is 15.9 Å². The average Bonchev–Trinajstić information content (AvgIpc) is 2.57. The van der Waals surface area contributed by atoms with Crippen LogP contribution in [0.2, 0.25) is 0 Å². The molecule has 1 saturated heterocycles. The van der Waals surface area contributed by atoms with Crippen LogP contribution in [0.3, 0.4) is 0 Å². The van der Waals surface area contributed by atoms with Crippen molar-refractivity contribution in [1.29, 1.82) is 0 Å². The largest absolute Gasteiger partial charge is 0.353 e. The van der Waals surface area contributed by atoms with E-state index in [2.05, 4.69) is 5.32 Å². The van der Waals surface area contributed by atoms with Crippen LogP contribution >= 0.6 is 0 Å². The third-order valence-corrected chi connectivity index (χ3v) is 6.36. The molecule has 1 aromatic rings. The summed E-state index contributed by atoms with van der Waals surface area (Å²) in [4.78, 5) is 11.6. The number of hydrogen-bond donors (Lipinski definition) is 1. The first-order chi connectivity index (χ1) is 11.8. The standard InChI is InChI=1S/C17H24F2N2O3S/c1-3-4-12(2)20-17(22)13-7-9-21(10-8-13)25(23,24)16-11-14(18)5-6-15(16)19/h5-6,11-13H,3-4,7-10H2,1-2H3,(H,20,22). The first-order valence-electron chi connectivity index (χ1n) is 8.51. The molecule has 0 radical (unpaired) electrons. The molecule has 1 atom stereocenters. The highest BCUT2D eigenvalue weighted by atomic mass is 32.2. The number of halogens is 2. The first kappa shape index (κ1) is 19.8. The minimum Gasteiger partial charge on any atom is -0.353 e. The van der Waals surface area contributed by atoms with E-state index in [4.69, 9.17) is 0 Å². The Kier molecular flexibility index (Phi) is 6.51. The zero-order valence-electron chi connectivity index (χ0n) is 14.5. The summed E-state index contributed by atoms with van der Waals surface area (Å²) < 4.78 is 53.3. The Morgan fingerprint density at radius 3 is 2.56 bits per heavy atom. The fourth-order valence-electron chi connectivity index (χ4n) is 3.04. The smallest absolute Gasteiger partial charge is 0.246 e. The Hall–Kier alpha value is -1.54. The molecule has 0 spiro atoms. The number of rotatable bonds is 6. The summed E-state index contributed by atoms with van der Waals surface area (Å²) in [5.74, 6) is -2.12. The predicted octanol–water partition coefficient (Wildman–Crippen LogP) is 2.67. The van der Waals surface area contributed by atoms with Gasteiger partial charge in [-0.1, -0.05) is 13.3 Å². The van der Waals surface area contributed by atoms with Crippen LogP contribution in [0.1, 0.15) is 39.5 Å². The summed E-state index contributed by atoms with van der Waals surface area (Å²) in [5, 5.41) is 2.94. The van der Waals surface area contributed by atoms with E-state index < -0.39 is 26.6 Å². The van der Waals surface area contributed by atoms with Crippen LogP contribution in [-0.4, -0.2) is 37.8 Å². The monoisotopic (exact) mass is 374 g/mol. The van der Waals surface area contributed by atoms with E-state index >= 15 is 0 Å². The van der Waals surface area contributed by atoms with Gasteiger partial charge >= 0.3 is 0 Å². The molecule has 1 aliphatic rings. The molecular formula is C17H24F2N2O3S. The van der Waals surface area contributed by atoms with E-state index in [0.29, 0.717) is 18.9 Å². The number of nitrogens with zero attached hydrogens (tertiary/aromatic N) is 1. The van der Waals surface area contributed by atoms with Gasteiger partial charge in [0.1, 0.15) is 16.5 Å². The number of benzene rings is 1. The maximum Gasteiger partial charge on any atom is 0.246 e. The molecule has 2 rings (SSSR count). The SMILES string of the molecule is CCCC(C)NC(=O)C1CCN(S(=O)(=O)c2cc(F)ccc2F)CC1. The van der Waals surface area contributed by atoms with Crippen LogP contribution in [0.25, 0.3) is 0 Å². The van der Waals surface area contributed by atoms with Gasteiger partial charge in [-0.2, -0.15) is 4.31 Å². The molecule has 1 N–H and O–H groups in total. The molecule has 1 unspecified atom stereocenters. The molecule has 8 heteroatoms.